The third-order valence-corrected chi connectivity index (χ3v) is 4.10. The fraction of sp³-hybridized carbons (Fsp3) is 0.190. The predicted octanol–water partition coefficient (Wildman–Crippen LogP) is 4.39. The van der Waals surface area contributed by atoms with E-state index in [0.717, 1.165) is 28.0 Å². The molecule has 0 heterocycles. The Bertz CT molecular complexity index is 878. The van der Waals surface area contributed by atoms with Crippen molar-refractivity contribution in [3.05, 3.63) is 66.7 Å². The number of nitrogens with zero attached hydrogens (tertiary/aromatic N) is 1. The van der Waals surface area contributed by atoms with Crippen molar-refractivity contribution in [2.24, 2.45) is 0 Å². The summed E-state index contributed by atoms with van der Waals surface area (Å²) in [5, 5.41) is 5.15. The summed E-state index contributed by atoms with van der Waals surface area (Å²) in [5.41, 5.74) is 0.775. The first-order valence-electron chi connectivity index (χ1n) is 8.43. The van der Waals surface area contributed by atoms with Crippen LogP contribution in [-0.2, 0) is 0 Å². The van der Waals surface area contributed by atoms with Crippen LogP contribution in [0, 0.1) is 0 Å². The number of carbonyl (C=O) groups excluding carboxylic acids is 1. The van der Waals surface area contributed by atoms with Gasteiger partial charge in [-0.3, -0.25) is 0 Å². The van der Waals surface area contributed by atoms with E-state index in [1.54, 1.807) is 19.1 Å². The smallest absolute Gasteiger partial charge is 0.321 e. The molecule has 0 aliphatic heterocycles. The molecule has 26 heavy (non-hydrogen) atoms. The summed E-state index contributed by atoms with van der Waals surface area (Å²) >= 11 is 0. The number of ether oxygens (including phenoxy) is 2. The highest BCUT2D eigenvalue weighted by Crippen LogP contribution is 2.19. The molecule has 3 aromatic rings. The van der Waals surface area contributed by atoms with Crippen molar-refractivity contribution >= 4 is 22.5 Å². The zero-order valence-corrected chi connectivity index (χ0v) is 14.9. The SMILES string of the molecule is COc1ccc(OCCN(C)C(=O)Nc2ccc3ccccc3c2)cc1. The average Bonchev–Trinajstić information content (AvgIpc) is 2.68. The third-order valence-electron chi connectivity index (χ3n) is 4.10. The predicted molar refractivity (Wildman–Crippen MR) is 104 cm³/mol. The number of rotatable bonds is 6. The molecule has 0 unspecified atom stereocenters. The third kappa shape index (κ3) is 4.45. The van der Waals surface area contributed by atoms with E-state index >= 15 is 0 Å². The molecule has 0 spiro atoms. The normalized spacial score (nSPS) is 10.4. The van der Waals surface area contributed by atoms with Crippen molar-refractivity contribution in [3.63, 3.8) is 0 Å². The van der Waals surface area contributed by atoms with Crippen molar-refractivity contribution in [2.45, 2.75) is 0 Å². The van der Waals surface area contributed by atoms with Gasteiger partial charge in [0.2, 0.25) is 0 Å². The van der Waals surface area contributed by atoms with E-state index in [1.165, 1.54) is 0 Å². The molecule has 0 radical (unpaired) electrons. The highest BCUT2D eigenvalue weighted by Gasteiger charge is 2.09. The van der Waals surface area contributed by atoms with Gasteiger partial charge in [-0.15, -0.1) is 0 Å². The van der Waals surface area contributed by atoms with Gasteiger partial charge in [-0.05, 0) is 47.2 Å². The van der Waals surface area contributed by atoms with Gasteiger partial charge >= 0.3 is 6.03 Å². The lowest BCUT2D eigenvalue weighted by Gasteiger charge is -2.18. The molecule has 0 atom stereocenters. The Kier molecular flexibility index (Phi) is 5.59. The summed E-state index contributed by atoms with van der Waals surface area (Å²) in [6, 6.07) is 21.1. The van der Waals surface area contributed by atoms with Gasteiger partial charge in [-0.25, -0.2) is 4.79 Å². The minimum absolute atomic E-state index is 0.168. The molecule has 0 bridgehead atoms. The second-order valence-electron chi connectivity index (χ2n) is 5.94. The van der Waals surface area contributed by atoms with E-state index in [1.807, 2.05) is 66.7 Å². The van der Waals surface area contributed by atoms with Crippen LogP contribution in [0.4, 0.5) is 10.5 Å². The van der Waals surface area contributed by atoms with Gasteiger partial charge in [-0.1, -0.05) is 30.3 Å². The van der Waals surface area contributed by atoms with Crippen LogP contribution < -0.4 is 14.8 Å². The van der Waals surface area contributed by atoms with E-state index in [4.69, 9.17) is 9.47 Å². The molecule has 5 nitrogen and oxygen atoms in total. The molecule has 2 amide bonds. The van der Waals surface area contributed by atoms with Crippen LogP contribution in [0.15, 0.2) is 66.7 Å². The minimum Gasteiger partial charge on any atom is -0.497 e. The largest absolute Gasteiger partial charge is 0.497 e. The van der Waals surface area contributed by atoms with Gasteiger partial charge in [0.15, 0.2) is 0 Å². The summed E-state index contributed by atoms with van der Waals surface area (Å²) in [5.74, 6) is 1.53. The molecule has 3 rings (SSSR count). The monoisotopic (exact) mass is 350 g/mol. The summed E-state index contributed by atoms with van der Waals surface area (Å²) in [4.78, 5) is 13.9. The highest BCUT2D eigenvalue weighted by atomic mass is 16.5. The lowest BCUT2D eigenvalue weighted by Crippen LogP contribution is -2.34. The molecule has 1 N–H and O–H groups in total. The maximum Gasteiger partial charge on any atom is 0.321 e. The van der Waals surface area contributed by atoms with Crippen LogP contribution in [0.5, 0.6) is 11.5 Å². The number of anilines is 1. The Balaban J connectivity index is 1.50. The second-order valence-corrected chi connectivity index (χ2v) is 5.94. The maximum atomic E-state index is 12.3. The summed E-state index contributed by atoms with van der Waals surface area (Å²) in [6.45, 7) is 0.888. The van der Waals surface area contributed by atoms with E-state index in [-0.39, 0.29) is 6.03 Å². The Morgan fingerprint density at radius 2 is 1.65 bits per heavy atom. The maximum absolute atomic E-state index is 12.3. The highest BCUT2D eigenvalue weighted by molar-refractivity contribution is 5.93. The number of likely N-dealkylation sites (N-methyl/N-ethyl adjacent to an activating group) is 1. The Labute approximate surface area is 153 Å². The standard InChI is InChI=1S/C21H22N2O3/c1-23(13-14-26-20-11-9-19(25-2)10-12-20)21(24)22-18-8-7-16-5-3-4-6-17(16)15-18/h3-12,15H,13-14H2,1-2H3,(H,22,24). The number of fused-ring (bicyclic) bond motifs is 1. The number of carbonyl (C=O) groups is 1. The summed E-state index contributed by atoms with van der Waals surface area (Å²) < 4.78 is 10.8. The first-order valence-corrected chi connectivity index (χ1v) is 8.43. The van der Waals surface area contributed by atoms with Crippen molar-refractivity contribution < 1.29 is 14.3 Å². The lowest BCUT2D eigenvalue weighted by molar-refractivity contribution is 0.207. The molecular weight excluding hydrogens is 328 g/mol. The fourth-order valence-electron chi connectivity index (χ4n) is 2.56. The Morgan fingerprint density at radius 1 is 0.962 bits per heavy atom. The van der Waals surface area contributed by atoms with Gasteiger partial charge < -0.3 is 19.7 Å². The lowest BCUT2D eigenvalue weighted by atomic mass is 10.1. The molecule has 0 aliphatic carbocycles. The van der Waals surface area contributed by atoms with Crippen LogP contribution >= 0.6 is 0 Å². The number of urea groups is 1. The molecule has 0 saturated heterocycles. The first kappa shape index (κ1) is 17.6. The zero-order chi connectivity index (χ0) is 18.4. The Hall–Kier alpha value is -3.21. The zero-order valence-electron chi connectivity index (χ0n) is 14.9. The molecule has 5 heteroatoms. The fourth-order valence-corrected chi connectivity index (χ4v) is 2.56. The minimum atomic E-state index is -0.168. The van der Waals surface area contributed by atoms with Crippen LogP contribution in [0.3, 0.4) is 0 Å². The number of nitrogens with one attached hydrogen (secondary N) is 1. The summed E-state index contributed by atoms with van der Waals surface area (Å²) in [6.07, 6.45) is 0. The van der Waals surface area contributed by atoms with Crippen LogP contribution in [0.2, 0.25) is 0 Å². The summed E-state index contributed by atoms with van der Waals surface area (Å²) in [7, 11) is 3.37. The molecule has 134 valence electrons. The number of benzene rings is 3. The molecule has 0 aliphatic rings. The van der Waals surface area contributed by atoms with Crippen molar-refractivity contribution in [1.82, 2.24) is 4.90 Å². The van der Waals surface area contributed by atoms with Crippen molar-refractivity contribution in [3.8, 4) is 11.5 Å². The van der Waals surface area contributed by atoms with Crippen LogP contribution in [0.25, 0.3) is 10.8 Å². The van der Waals surface area contributed by atoms with Gasteiger partial charge in [0.25, 0.3) is 0 Å². The topological polar surface area (TPSA) is 50.8 Å². The van der Waals surface area contributed by atoms with Gasteiger partial charge in [0.05, 0.1) is 13.7 Å². The van der Waals surface area contributed by atoms with Crippen molar-refractivity contribution in [2.75, 3.05) is 32.6 Å². The first-order chi connectivity index (χ1) is 12.7. The van der Waals surface area contributed by atoms with Gasteiger partial charge in [-0.2, -0.15) is 0 Å². The van der Waals surface area contributed by atoms with E-state index in [2.05, 4.69) is 5.32 Å². The number of amides is 2. The van der Waals surface area contributed by atoms with E-state index < -0.39 is 0 Å². The molecule has 0 saturated carbocycles. The number of hydrogen-bond acceptors (Lipinski definition) is 3. The van der Waals surface area contributed by atoms with E-state index in [0.29, 0.717) is 13.2 Å². The molecule has 0 fully saturated rings. The van der Waals surface area contributed by atoms with Crippen LogP contribution in [-0.4, -0.2) is 38.2 Å². The van der Waals surface area contributed by atoms with Crippen molar-refractivity contribution in [1.29, 1.82) is 0 Å². The number of methoxy groups -OCH3 is 1. The van der Waals surface area contributed by atoms with Gasteiger partial charge in [0.1, 0.15) is 18.1 Å². The average molecular weight is 350 g/mol. The molecule has 0 aromatic heterocycles. The molecule has 3 aromatic carbocycles. The second kappa shape index (κ2) is 8.25. The molecular formula is C21H22N2O3. The van der Waals surface area contributed by atoms with Gasteiger partial charge in [0, 0.05) is 12.7 Å². The van der Waals surface area contributed by atoms with Crippen LogP contribution in [0.1, 0.15) is 0 Å². The quantitative estimate of drug-likeness (QED) is 0.717. The Morgan fingerprint density at radius 3 is 2.38 bits per heavy atom. The number of hydrogen-bond donors (Lipinski definition) is 1. The van der Waals surface area contributed by atoms with E-state index in [9.17, 15) is 4.79 Å².